The predicted molar refractivity (Wildman–Crippen MR) is 74.2 cm³/mol. The SMILES string of the molecule is COCCNc1n[nH]c2c1C(C)CCC2C(C)C. The molecule has 2 N–H and O–H groups in total. The van der Waals surface area contributed by atoms with Crippen molar-refractivity contribution in [2.45, 2.75) is 45.4 Å². The standard InChI is InChI=1S/C14H25N3O/c1-9(2)11-6-5-10(3)12-13(11)16-17-14(12)15-7-8-18-4/h9-11H,5-8H2,1-4H3,(H2,15,16,17). The summed E-state index contributed by atoms with van der Waals surface area (Å²) in [5.41, 5.74) is 2.75. The molecule has 0 aromatic carbocycles. The predicted octanol–water partition coefficient (Wildman–Crippen LogP) is 3.10. The molecule has 0 spiro atoms. The molecule has 0 radical (unpaired) electrons. The summed E-state index contributed by atoms with van der Waals surface area (Å²) in [5, 5.41) is 11.1. The van der Waals surface area contributed by atoms with Gasteiger partial charge in [-0.15, -0.1) is 0 Å². The summed E-state index contributed by atoms with van der Waals surface area (Å²) in [7, 11) is 1.72. The molecule has 1 aromatic rings. The number of hydrogen-bond donors (Lipinski definition) is 2. The third-order valence-corrected chi connectivity index (χ3v) is 4.01. The molecule has 2 atom stereocenters. The molecule has 4 nitrogen and oxygen atoms in total. The van der Waals surface area contributed by atoms with Gasteiger partial charge in [-0.25, -0.2) is 0 Å². The number of rotatable bonds is 5. The number of methoxy groups -OCH3 is 1. The van der Waals surface area contributed by atoms with Crippen LogP contribution in [0.3, 0.4) is 0 Å². The molecular formula is C14H25N3O. The maximum atomic E-state index is 5.07. The van der Waals surface area contributed by atoms with E-state index >= 15 is 0 Å². The smallest absolute Gasteiger partial charge is 0.151 e. The van der Waals surface area contributed by atoms with Crippen molar-refractivity contribution >= 4 is 5.82 Å². The van der Waals surface area contributed by atoms with Crippen molar-refractivity contribution in [2.75, 3.05) is 25.6 Å². The maximum absolute atomic E-state index is 5.07. The van der Waals surface area contributed by atoms with Crippen LogP contribution < -0.4 is 5.32 Å². The summed E-state index contributed by atoms with van der Waals surface area (Å²) in [6.45, 7) is 8.41. The number of fused-ring (bicyclic) bond motifs is 1. The maximum Gasteiger partial charge on any atom is 0.151 e. The molecule has 1 heterocycles. The Kier molecular flexibility index (Phi) is 4.27. The van der Waals surface area contributed by atoms with Gasteiger partial charge in [-0.3, -0.25) is 5.10 Å². The minimum absolute atomic E-state index is 0.596. The van der Waals surface area contributed by atoms with E-state index in [9.17, 15) is 0 Å². The van der Waals surface area contributed by atoms with Gasteiger partial charge in [-0.05, 0) is 24.7 Å². The van der Waals surface area contributed by atoms with Crippen LogP contribution >= 0.6 is 0 Å². The van der Waals surface area contributed by atoms with Crippen molar-refractivity contribution in [3.63, 3.8) is 0 Å². The van der Waals surface area contributed by atoms with E-state index in [-0.39, 0.29) is 0 Å². The molecule has 4 heteroatoms. The number of aromatic amines is 1. The first-order valence-electron chi connectivity index (χ1n) is 6.96. The molecule has 0 amide bonds. The summed E-state index contributed by atoms with van der Waals surface area (Å²) in [5.74, 6) is 2.92. The van der Waals surface area contributed by atoms with Gasteiger partial charge in [0.25, 0.3) is 0 Å². The highest BCUT2D eigenvalue weighted by Gasteiger charge is 2.31. The zero-order valence-electron chi connectivity index (χ0n) is 11.9. The van der Waals surface area contributed by atoms with E-state index in [0.29, 0.717) is 24.4 Å². The van der Waals surface area contributed by atoms with E-state index in [4.69, 9.17) is 4.74 Å². The summed E-state index contributed by atoms with van der Waals surface area (Å²) < 4.78 is 5.07. The first-order valence-corrected chi connectivity index (χ1v) is 6.96. The fraction of sp³-hybridized carbons (Fsp3) is 0.786. The Morgan fingerprint density at radius 2 is 2.22 bits per heavy atom. The van der Waals surface area contributed by atoms with Crippen LogP contribution in [0.5, 0.6) is 0 Å². The molecule has 0 aliphatic heterocycles. The molecule has 2 unspecified atom stereocenters. The number of anilines is 1. The normalized spacial score (nSPS) is 23.2. The first-order chi connectivity index (χ1) is 8.65. The summed E-state index contributed by atoms with van der Waals surface area (Å²) in [6, 6.07) is 0. The number of nitrogens with zero attached hydrogens (tertiary/aromatic N) is 1. The van der Waals surface area contributed by atoms with Crippen molar-refractivity contribution in [3.05, 3.63) is 11.3 Å². The molecular weight excluding hydrogens is 226 g/mol. The molecule has 1 aliphatic carbocycles. The number of ether oxygens (including phenoxy) is 1. The Labute approximate surface area is 110 Å². The molecule has 18 heavy (non-hydrogen) atoms. The van der Waals surface area contributed by atoms with Crippen LogP contribution in [-0.2, 0) is 4.74 Å². The van der Waals surface area contributed by atoms with E-state index in [1.165, 1.54) is 24.1 Å². The van der Waals surface area contributed by atoms with Crippen molar-refractivity contribution in [2.24, 2.45) is 5.92 Å². The lowest BCUT2D eigenvalue weighted by atomic mass is 9.76. The molecule has 0 bridgehead atoms. The largest absolute Gasteiger partial charge is 0.383 e. The lowest BCUT2D eigenvalue weighted by Crippen LogP contribution is -2.18. The number of aromatic nitrogens is 2. The van der Waals surface area contributed by atoms with Gasteiger partial charge < -0.3 is 10.1 Å². The van der Waals surface area contributed by atoms with E-state index in [0.717, 1.165) is 12.4 Å². The van der Waals surface area contributed by atoms with Gasteiger partial charge in [0.2, 0.25) is 0 Å². The van der Waals surface area contributed by atoms with Gasteiger partial charge >= 0.3 is 0 Å². The molecule has 0 fully saturated rings. The molecule has 0 saturated heterocycles. The molecule has 2 rings (SSSR count). The topological polar surface area (TPSA) is 49.9 Å². The van der Waals surface area contributed by atoms with Gasteiger partial charge in [0.1, 0.15) is 0 Å². The second kappa shape index (κ2) is 5.74. The lowest BCUT2D eigenvalue weighted by Gasteiger charge is -2.29. The van der Waals surface area contributed by atoms with Crippen molar-refractivity contribution < 1.29 is 4.74 Å². The number of hydrogen-bond acceptors (Lipinski definition) is 3. The fourth-order valence-corrected chi connectivity index (χ4v) is 2.94. The highest BCUT2D eigenvalue weighted by molar-refractivity contribution is 5.51. The molecule has 0 saturated carbocycles. The van der Waals surface area contributed by atoms with Crippen LogP contribution in [0.1, 0.15) is 56.7 Å². The first kappa shape index (κ1) is 13.4. The Bertz CT molecular complexity index is 386. The summed E-state index contributed by atoms with van der Waals surface area (Å²) >= 11 is 0. The summed E-state index contributed by atoms with van der Waals surface area (Å²) in [6.07, 6.45) is 2.53. The molecule has 102 valence electrons. The van der Waals surface area contributed by atoms with Gasteiger partial charge in [0, 0.05) is 30.8 Å². The van der Waals surface area contributed by atoms with Crippen LogP contribution in [0.4, 0.5) is 5.82 Å². The quantitative estimate of drug-likeness (QED) is 0.791. The Morgan fingerprint density at radius 3 is 2.89 bits per heavy atom. The van der Waals surface area contributed by atoms with E-state index in [2.05, 4.69) is 36.3 Å². The van der Waals surface area contributed by atoms with Crippen LogP contribution in [0.2, 0.25) is 0 Å². The Hall–Kier alpha value is -1.03. The van der Waals surface area contributed by atoms with E-state index in [1.54, 1.807) is 7.11 Å². The number of H-pyrrole nitrogens is 1. The van der Waals surface area contributed by atoms with Crippen molar-refractivity contribution in [1.82, 2.24) is 10.2 Å². The van der Waals surface area contributed by atoms with Gasteiger partial charge in [0.15, 0.2) is 5.82 Å². The zero-order chi connectivity index (χ0) is 13.1. The van der Waals surface area contributed by atoms with E-state index < -0.39 is 0 Å². The molecule has 1 aliphatic rings. The minimum atomic E-state index is 0.596. The highest BCUT2D eigenvalue weighted by atomic mass is 16.5. The number of nitrogens with one attached hydrogen (secondary N) is 2. The zero-order valence-corrected chi connectivity index (χ0v) is 11.9. The lowest BCUT2D eigenvalue weighted by molar-refractivity contribution is 0.210. The molecule has 1 aromatic heterocycles. The van der Waals surface area contributed by atoms with Crippen molar-refractivity contribution in [3.8, 4) is 0 Å². The average Bonchev–Trinajstić information content (AvgIpc) is 2.74. The minimum Gasteiger partial charge on any atom is -0.383 e. The third kappa shape index (κ3) is 2.53. The fourth-order valence-electron chi connectivity index (χ4n) is 2.94. The Morgan fingerprint density at radius 1 is 1.44 bits per heavy atom. The monoisotopic (exact) mass is 251 g/mol. The van der Waals surface area contributed by atoms with E-state index in [1.807, 2.05) is 0 Å². The Balaban J connectivity index is 2.19. The van der Waals surface area contributed by atoms with Crippen LogP contribution in [0.15, 0.2) is 0 Å². The van der Waals surface area contributed by atoms with Crippen molar-refractivity contribution in [1.29, 1.82) is 0 Å². The second-order valence-corrected chi connectivity index (χ2v) is 5.65. The van der Waals surface area contributed by atoms with Crippen LogP contribution in [0.25, 0.3) is 0 Å². The average molecular weight is 251 g/mol. The second-order valence-electron chi connectivity index (χ2n) is 5.65. The van der Waals surface area contributed by atoms with Crippen LogP contribution in [-0.4, -0.2) is 30.5 Å². The third-order valence-electron chi connectivity index (χ3n) is 4.01. The highest BCUT2D eigenvalue weighted by Crippen LogP contribution is 2.43. The van der Waals surface area contributed by atoms with Gasteiger partial charge in [-0.1, -0.05) is 20.8 Å². The summed E-state index contributed by atoms with van der Waals surface area (Å²) in [4.78, 5) is 0. The van der Waals surface area contributed by atoms with Gasteiger partial charge in [0.05, 0.1) is 6.61 Å². The van der Waals surface area contributed by atoms with Crippen LogP contribution in [0, 0.1) is 5.92 Å². The van der Waals surface area contributed by atoms with Gasteiger partial charge in [-0.2, -0.15) is 5.10 Å².